The van der Waals surface area contributed by atoms with Crippen LogP contribution < -0.4 is 0 Å². The Bertz CT molecular complexity index is 764. The summed E-state index contributed by atoms with van der Waals surface area (Å²) in [4.78, 5) is 18.6. The summed E-state index contributed by atoms with van der Waals surface area (Å²) in [5.74, 6) is 0. The molecule has 3 rings (SSSR count). The number of aromatic nitrogens is 1. The van der Waals surface area contributed by atoms with Crippen molar-refractivity contribution in [3.05, 3.63) is 42.2 Å². The molecule has 1 aromatic heterocycles. The minimum absolute atomic E-state index is 0.0134. The van der Waals surface area contributed by atoms with Gasteiger partial charge in [0.1, 0.15) is 5.60 Å². The van der Waals surface area contributed by atoms with Crippen molar-refractivity contribution in [2.24, 2.45) is 0 Å². The Morgan fingerprint density at radius 2 is 2.15 bits per heavy atom. The summed E-state index contributed by atoms with van der Waals surface area (Å²) in [5, 5.41) is 12.9. The number of pyridine rings is 1. The van der Waals surface area contributed by atoms with Crippen LogP contribution in [0.5, 0.6) is 0 Å². The molecule has 5 nitrogen and oxygen atoms in total. The summed E-state index contributed by atoms with van der Waals surface area (Å²) >= 11 is 0. The molecule has 1 aliphatic rings. The van der Waals surface area contributed by atoms with Gasteiger partial charge in [0.05, 0.1) is 6.10 Å². The van der Waals surface area contributed by atoms with Crippen LogP contribution in [0.4, 0.5) is 4.79 Å². The Kier molecular flexibility index (Phi) is 5.47. The zero-order valence-corrected chi connectivity index (χ0v) is 15.8. The molecule has 2 aromatic rings. The van der Waals surface area contributed by atoms with Gasteiger partial charge in [0, 0.05) is 30.4 Å². The fourth-order valence-electron chi connectivity index (χ4n) is 3.62. The number of hydrogen-bond donors (Lipinski definition) is 1. The largest absolute Gasteiger partial charge is 0.444 e. The van der Waals surface area contributed by atoms with E-state index in [0.717, 1.165) is 35.6 Å². The van der Waals surface area contributed by atoms with Crippen molar-refractivity contribution < 1.29 is 14.6 Å². The predicted molar refractivity (Wildman–Crippen MR) is 102 cm³/mol. The SMILES string of the molecule is CC(C)(C)OC(=O)N1CCCCC1CC(O)c1cccc2ccncc12. The molecule has 0 bridgehead atoms. The van der Waals surface area contributed by atoms with Gasteiger partial charge < -0.3 is 14.7 Å². The summed E-state index contributed by atoms with van der Waals surface area (Å²) in [6, 6.07) is 7.84. The number of nitrogens with zero attached hydrogens (tertiary/aromatic N) is 2. The maximum absolute atomic E-state index is 12.6. The minimum Gasteiger partial charge on any atom is -0.444 e. The van der Waals surface area contributed by atoms with Crippen LogP contribution in [0.1, 0.15) is 58.1 Å². The highest BCUT2D eigenvalue weighted by atomic mass is 16.6. The monoisotopic (exact) mass is 356 g/mol. The Labute approximate surface area is 155 Å². The second-order valence-electron chi connectivity index (χ2n) is 8.02. The number of rotatable bonds is 3. The zero-order chi connectivity index (χ0) is 18.7. The first-order valence-corrected chi connectivity index (χ1v) is 9.35. The average molecular weight is 356 g/mol. The highest BCUT2D eigenvalue weighted by Gasteiger charge is 2.32. The van der Waals surface area contributed by atoms with Gasteiger partial charge in [0.15, 0.2) is 0 Å². The molecule has 26 heavy (non-hydrogen) atoms. The standard InChI is InChI=1S/C21H28N2O3/c1-21(2,3)26-20(25)23-12-5-4-8-16(23)13-19(24)17-9-6-7-15-10-11-22-14-18(15)17/h6-7,9-11,14,16,19,24H,4-5,8,12-13H2,1-3H3. The van der Waals surface area contributed by atoms with Crippen LogP contribution in [0.2, 0.25) is 0 Å². The molecule has 2 atom stereocenters. The van der Waals surface area contributed by atoms with E-state index in [1.54, 1.807) is 17.3 Å². The molecule has 1 saturated heterocycles. The Morgan fingerprint density at radius 3 is 2.92 bits per heavy atom. The lowest BCUT2D eigenvalue weighted by atomic mass is 9.92. The van der Waals surface area contributed by atoms with Gasteiger partial charge in [0.2, 0.25) is 0 Å². The lowest BCUT2D eigenvalue weighted by Crippen LogP contribution is -2.46. The number of benzene rings is 1. The first-order chi connectivity index (χ1) is 12.3. The quantitative estimate of drug-likeness (QED) is 0.883. The maximum atomic E-state index is 12.6. The van der Waals surface area contributed by atoms with Crippen molar-refractivity contribution in [2.45, 2.75) is 64.2 Å². The number of aliphatic hydroxyl groups is 1. The maximum Gasteiger partial charge on any atom is 0.410 e. The van der Waals surface area contributed by atoms with Crippen molar-refractivity contribution in [3.8, 4) is 0 Å². The van der Waals surface area contributed by atoms with Crippen LogP contribution >= 0.6 is 0 Å². The van der Waals surface area contributed by atoms with E-state index in [0.29, 0.717) is 13.0 Å². The summed E-state index contributed by atoms with van der Waals surface area (Å²) < 4.78 is 5.56. The van der Waals surface area contributed by atoms with Gasteiger partial charge in [-0.1, -0.05) is 18.2 Å². The number of likely N-dealkylation sites (tertiary alicyclic amines) is 1. The first kappa shape index (κ1) is 18.6. The van der Waals surface area contributed by atoms with Gasteiger partial charge in [-0.25, -0.2) is 4.79 Å². The Hall–Kier alpha value is -2.14. The predicted octanol–water partition coefficient (Wildman–Crippen LogP) is 4.45. The Morgan fingerprint density at radius 1 is 1.35 bits per heavy atom. The van der Waals surface area contributed by atoms with Gasteiger partial charge >= 0.3 is 6.09 Å². The number of carbonyl (C=O) groups is 1. The minimum atomic E-state index is -0.643. The van der Waals surface area contributed by atoms with Gasteiger partial charge in [0.25, 0.3) is 0 Å². The van der Waals surface area contributed by atoms with Crippen molar-refractivity contribution >= 4 is 16.9 Å². The van der Waals surface area contributed by atoms with Crippen LogP contribution in [0.3, 0.4) is 0 Å². The number of aliphatic hydroxyl groups excluding tert-OH is 1. The molecule has 1 fully saturated rings. The van der Waals surface area contributed by atoms with E-state index >= 15 is 0 Å². The molecule has 140 valence electrons. The molecular weight excluding hydrogens is 328 g/mol. The second-order valence-corrected chi connectivity index (χ2v) is 8.02. The third-order valence-electron chi connectivity index (χ3n) is 4.83. The third kappa shape index (κ3) is 4.33. The molecule has 1 aliphatic heterocycles. The fourth-order valence-corrected chi connectivity index (χ4v) is 3.62. The molecule has 1 N–H and O–H groups in total. The first-order valence-electron chi connectivity index (χ1n) is 9.35. The molecule has 0 saturated carbocycles. The molecule has 2 heterocycles. The van der Waals surface area contributed by atoms with Gasteiger partial charge in [-0.05, 0) is 63.5 Å². The smallest absolute Gasteiger partial charge is 0.410 e. The molecular formula is C21H28N2O3. The number of carbonyl (C=O) groups excluding carboxylic acids is 1. The number of ether oxygens (including phenoxy) is 1. The van der Waals surface area contributed by atoms with Gasteiger partial charge in [-0.3, -0.25) is 4.98 Å². The topological polar surface area (TPSA) is 62.7 Å². The van der Waals surface area contributed by atoms with E-state index in [1.807, 2.05) is 45.0 Å². The number of piperidine rings is 1. The van der Waals surface area contributed by atoms with Crippen molar-refractivity contribution in [1.82, 2.24) is 9.88 Å². The number of fused-ring (bicyclic) bond motifs is 1. The van der Waals surface area contributed by atoms with Crippen LogP contribution in [-0.2, 0) is 4.74 Å². The van der Waals surface area contributed by atoms with E-state index in [4.69, 9.17) is 4.74 Å². The summed E-state index contributed by atoms with van der Waals surface area (Å²) in [7, 11) is 0. The normalized spacial score (nSPS) is 19.4. The van der Waals surface area contributed by atoms with E-state index in [1.165, 1.54) is 0 Å². The highest BCUT2D eigenvalue weighted by molar-refractivity contribution is 5.85. The van der Waals surface area contributed by atoms with Gasteiger partial charge in [-0.2, -0.15) is 0 Å². The summed E-state index contributed by atoms with van der Waals surface area (Å²) in [5.41, 5.74) is 0.351. The average Bonchev–Trinajstić information content (AvgIpc) is 2.60. The van der Waals surface area contributed by atoms with E-state index in [9.17, 15) is 9.90 Å². The molecule has 2 unspecified atom stereocenters. The van der Waals surface area contributed by atoms with Crippen LogP contribution in [0.15, 0.2) is 36.7 Å². The summed E-state index contributed by atoms with van der Waals surface area (Å²) in [6.45, 7) is 6.31. The van der Waals surface area contributed by atoms with Crippen molar-refractivity contribution in [2.75, 3.05) is 6.54 Å². The highest BCUT2D eigenvalue weighted by Crippen LogP contribution is 2.31. The molecule has 1 amide bonds. The third-order valence-corrected chi connectivity index (χ3v) is 4.83. The number of amides is 1. The lowest BCUT2D eigenvalue weighted by molar-refractivity contribution is 0.00246. The molecule has 0 spiro atoms. The number of hydrogen-bond acceptors (Lipinski definition) is 4. The van der Waals surface area contributed by atoms with Crippen LogP contribution in [-0.4, -0.2) is 39.3 Å². The van der Waals surface area contributed by atoms with Crippen molar-refractivity contribution in [1.29, 1.82) is 0 Å². The van der Waals surface area contributed by atoms with Crippen LogP contribution in [0, 0.1) is 0 Å². The molecule has 0 radical (unpaired) electrons. The van der Waals surface area contributed by atoms with E-state index in [2.05, 4.69) is 4.98 Å². The molecule has 1 aromatic carbocycles. The second kappa shape index (κ2) is 7.62. The zero-order valence-electron chi connectivity index (χ0n) is 15.8. The van der Waals surface area contributed by atoms with Gasteiger partial charge in [-0.15, -0.1) is 0 Å². The lowest BCUT2D eigenvalue weighted by Gasteiger charge is -2.37. The Balaban J connectivity index is 1.77. The van der Waals surface area contributed by atoms with Crippen molar-refractivity contribution in [3.63, 3.8) is 0 Å². The van der Waals surface area contributed by atoms with E-state index in [-0.39, 0.29) is 12.1 Å². The fraction of sp³-hybridized carbons (Fsp3) is 0.524. The molecule has 5 heteroatoms. The summed E-state index contributed by atoms with van der Waals surface area (Å²) in [6.07, 6.45) is 6.05. The van der Waals surface area contributed by atoms with E-state index < -0.39 is 11.7 Å². The van der Waals surface area contributed by atoms with Crippen LogP contribution in [0.25, 0.3) is 10.8 Å². The molecule has 0 aliphatic carbocycles.